The third-order valence-electron chi connectivity index (χ3n) is 11.3. The summed E-state index contributed by atoms with van der Waals surface area (Å²) in [5, 5.41) is -0.489. The number of hydrogen-bond acceptors (Lipinski definition) is 2. The average Bonchev–Trinajstić information content (AvgIpc) is 3.16. The predicted molar refractivity (Wildman–Crippen MR) is 147 cm³/mol. The Morgan fingerprint density at radius 3 is 2.54 bits per heavy atom. The zero-order valence-corrected chi connectivity index (χ0v) is 24.3. The van der Waals surface area contributed by atoms with Gasteiger partial charge in [-0.1, -0.05) is 78.9 Å². The van der Waals surface area contributed by atoms with Crippen LogP contribution in [0.1, 0.15) is 125 Å². The zero-order valence-electron chi connectivity index (χ0n) is 23.6. The lowest BCUT2D eigenvalue weighted by Crippen LogP contribution is -2.51. The normalized spacial score (nSPS) is 40.3. The van der Waals surface area contributed by atoms with Crippen LogP contribution in [0, 0.1) is 46.3 Å². The first kappa shape index (κ1) is 27.5. The third kappa shape index (κ3) is 5.39. The lowest BCUT2D eigenvalue weighted by atomic mass is 9.47. The van der Waals surface area contributed by atoms with Crippen LogP contribution in [0.2, 0.25) is 0 Å². The van der Waals surface area contributed by atoms with Gasteiger partial charge < -0.3 is 4.74 Å². The van der Waals surface area contributed by atoms with Crippen LogP contribution in [0.3, 0.4) is 0 Å². The number of rotatable bonds is 9. The van der Waals surface area contributed by atoms with E-state index in [1.165, 1.54) is 51.4 Å². The number of ether oxygens (including phenoxy) is 1. The van der Waals surface area contributed by atoms with E-state index in [9.17, 15) is 4.79 Å². The number of carbonyl (C=O) groups excluding carboxylic acids is 1. The van der Waals surface area contributed by atoms with Gasteiger partial charge in [0, 0.05) is 6.42 Å². The summed E-state index contributed by atoms with van der Waals surface area (Å²) in [6, 6.07) is 0. The summed E-state index contributed by atoms with van der Waals surface area (Å²) in [6.07, 6.45) is 18.5. The van der Waals surface area contributed by atoms with Crippen LogP contribution in [-0.2, 0) is 9.53 Å². The van der Waals surface area contributed by atoms with Gasteiger partial charge in [-0.05, 0) is 97.7 Å². The number of halogens is 1. The minimum absolute atomic E-state index is 0.0212. The first-order valence-electron chi connectivity index (χ1n) is 15.1. The van der Waals surface area contributed by atoms with Gasteiger partial charge in [-0.3, -0.25) is 4.79 Å². The topological polar surface area (TPSA) is 26.3 Å². The van der Waals surface area contributed by atoms with E-state index in [2.05, 4.69) is 47.6 Å². The largest absolute Gasteiger partial charge is 0.461 e. The van der Waals surface area contributed by atoms with Crippen molar-refractivity contribution >= 4 is 17.6 Å². The van der Waals surface area contributed by atoms with Gasteiger partial charge in [-0.25, -0.2) is 0 Å². The highest BCUT2D eigenvalue weighted by Gasteiger charge is 2.59. The highest BCUT2D eigenvalue weighted by atomic mass is 35.5. The van der Waals surface area contributed by atoms with Gasteiger partial charge in [0.25, 0.3) is 0 Å². The molecule has 0 aromatic rings. The Labute approximate surface area is 221 Å². The Morgan fingerprint density at radius 2 is 1.83 bits per heavy atom. The van der Waals surface area contributed by atoms with Crippen LogP contribution < -0.4 is 0 Å². The van der Waals surface area contributed by atoms with Crippen LogP contribution >= 0.6 is 11.6 Å². The minimum Gasteiger partial charge on any atom is -0.461 e. The first-order chi connectivity index (χ1) is 16.6. The number of alkyl halides is 1. The maximum absolute atomic E-state index is 12.4. The SMILES string of the molecule is CCC[C@H](Cl)C(=O)O[C@@H]1CC[C@@]2(C)C(=CC[C@H]3[C@@H]4CC[C@H]([C@@H](C)CCCC(C)C)[C@@]4(C)CC[C@@H]32)C1. The molecular weight excluding hydrogens is 452 g/mol. The molecule has 9 atom stereocenters. The highest BCUT2D eigenvalue weighted by molar-refractivity contribution is 6.29. The molecule has 0 heterocycles. The molecule has 0 spiro atoms. The molecular formula is C32H53ClO2. The second-order valence-electron chi connectivity index (χ2n) is 13.8. The van der Waals surface area contributed by atoms with E-state index in [1.807, 2.05) is 0 Å². The molecule has 200 valence electrons. The summed E-state index contributed by atoms with van der Waals surface area (Å²) in [5.74, 6) is 4.98. The summed E-state index contributed by atoms with van der Waals surface area (Å²) in [5.41, 5.74) is 2.43. The Morgan fingerprint density at radius 1 is 1.06 bits per heavy atom. The maximum atomic E-state index is 12.4. The van der Waals surface area contributed by atoms with Crippen LogP contribution in [0.4, 0.5) is 0 Å². The van der Waals surface area contributed by atoms with Crippen molar-refractivity contribution in [1.29, 1.82) is 0 Å². The molecule has 4 aliphatic carbocycles. The number of esters is 1. The second kappa shape index (κ2) is 11.1. The van der Waals surface area contributed by atoms with Crippen molar-refractivity contribution in [2.24, 2.45) is 46.3 Å². The quantitative estimate of drug-likeness (QED) is 0.177. The molecule has 0 N–H and O–H groups in total. The second-order valence-corrected chi connectivity index (χ2v) is 14.4. The fraction of sp³-hybridized carbons (Fsp3) is 0.906. The molecule has 3 heteroatoms. The van der Waals surface area contributed by atoms with Crippen molar-refractivity contribution in [3.63, 3.8) is 0 Å². The van der Waals surface area contributed by atoms with E-state index in [-0.39, 0.29) is 12.1 Å². The Balaban J connectivity index is 1.42. The van der Waals surface area contributed by atoms with Crippen molar-refractivity contribution < 1.29 is 9.53 Å². The molecule has 0 aliphatic heterocycles. The van der Waals surface area contributed by atoms with Gasteiger partial charge in [-0.15, -0.1) is 11.6 Å². The Hall–Kier alpha value is -0.500. The summed E-state index contributed by atoms with van der Waals surface area (Å²) >= 11 is 6.26. The van der Waals surface area contributed by atoms with Gasteiger partial charge in [-0.2, -0.15) is 0 Å². The molecule has 0 saturated heterocycles. The summed E-state index contributed by atoms with van der Waals surface area (Å²) in [7, 11) is 0. The van der Waals surface area contributed by atoms with E-state index >= 15 is 0 Å². The molecule has 2 nitrogen and oxygen atoms in total. The van der Waals surface area contributed by atoms with Gasteiger partial charge in [0.2, 0.25) is 0 Å². The fourth-order valence-corrected chi connectivity index (χ4v) is 9.63. The molecule has 3 fully saturated rings. The lowest BCUT2D eigenvalue weighted by molar-refractivity contribution is -0.151. The first-order valence-corrected chi connectivity index (χ1v) is 15.6. The number of allylic oxidation sites excluding steroid dienone is 1. The maximum Gasteiger partial charge on any atom is 0.324 e. The molecule has 0 unspecified atom stereocenters. The molecule has 0 bridgehead atoms. The van der Waals surface area contributed by atoms with Crippen LogP contribution in [0.15, 0.2) is 11.6 Å². The van der Waals surface area contributed by atoms with Crippen molar-refractivity contribution in [3.05, 3.63) is 11.6 Å². The van der Waals surface area contributed by atoms with Crippen molar-refractivity contribution in [1.82, 2.24) is 0 Å². The van der Waals surface area contributed by atoms with Crippen molar-refractivity contribution in [3.8, 4) is 0 Å². The van der Waals surface area contributed by atoms with Gasteiger partial charge >= 0.3 is 5.97 Å². The van der Waals surface area contributed by atoms with Crippen molar-refractivity contribution in [2.75, 3.05) is 0 Å². The van der Waals surface area contributed by atoms with Gasteiger partial charge in [0.15, 0.2) is 0 Å². The zero-order chi connectivity index (χ0) is 25.4. The lowest BCUT2D eigenvalue weighted by Gasteiger charge is -2.58. The van der Waals surface area contributed by atoms with Gasteiger partial charge in [0.05, 0.1) is 0 Å². The van der Waals surface area contributed by atoms with Crippen LogP contribution in [-0.4, -0.2) is 17.5 Å². The van der Waals surface area contributed by atoms with E-state index in [1.54, 1.807) is 5.57 Å². The van der Waals surface area contributed by atoms with Gasteiger partial charge in [0.1, 0.15) is 11.5 Å². The summed E-state index contributed by atoms with van der Waals surface area (Å²) < 4.78 is 5.90. The standard InChI is InChI=1S/C32H53ClO2/c1-7-9-29(33)30(34)35-24-16-18-31(5)23(20-24)12-13-25-27-15-14-26(22(4)11-8-10-21(2)3)32(27,6)19-17-28(25)31/h12,21-22,24-29H,7-11,13-20H2,1-6H3/t22-,24+,25-,26+,27-,28-,29-,31-,32+/m0/s1. The molecule has 0 radical (unpaired) electrons. The number of fused-ring (bicyclic) bond motifs is 5. The molecule has 0 amide bonds. The van der Waals surface area contributed by atoms with E-state index in [0.29, 0.717) is 17.3 Å². The Bertz CT molecular complexity index is 774. The third-order valence-corrected chi connectivity index (χ3v) is 11.7. The molecule has 0 aromatic carbocycles. The summed E-state index contributed by atoms with van der Waals surface area (Å²) in [6.45, 7) is 14.6. The monoisotopic (exact) mass is 504 g/mol. The molecule has 3 saturated carbocycles. The number of hydrogen-bond donors (Lipinski definition) is 0. The minimum atomic E-state index is -0.489. The van der Waals surface area contributed by atoms with Crippen molar-refractivity contribution in [2.45, 2.75) is 136 Å². The molecule has 0 aromatic heterocycles. The van der Waals surface area contributed by atoms with E-state index < -0.39 is 5.38 Å². The van der Waals surface area contributed by atoms with Crippen LogP contribution in [0.5, 0.6) is 0 Å². The highest BCUT2D eigenvalue weighted by Crippen LogP contribution is 2.67. The van der Waals surface area contributed by atoms with E-state index in [4.69, 9.17) is 16.3 Å². The molecule has 4 rings (SSSR count). The fourth-order valence-electron chi connectivity index (χ4n) is 9.36. The molecule has 35 heavy (non-hydrogen) atoms. The average molecular weight is 505 g/mol. The smallest absolute Gasteiger partial charge is 0.324 e. The molecule has 4 aliphatic rings. The summed E-state index contributed by atoms with van der Waals surface area (Å²) in [4.78, 5) is 12.4. The predicted octanol–water partition coefficient (Wildman–Crippen LogP) is 9.35. The number of carbonyl (C=O) groups is 1. The van der Waals surface area contributed by atoms with Crippen LogP contribution in [0.25, 0.3) is 0 Å². The van der Waals surface area contributed by atoms with E-state index in [0.717, 1.165) is 61.2 Å². The Kier molecular flexibility index (Phi) is 8.72.